The molecule has 0 aromatic heterocycles. The van der Waals surface area contributed by atoms with Crippen molar-refractivity contribution in [3.63, 3.8) is 0 Å². The summed E-state index contributed by atoms with van der Waals surface area (Å²) < 4.78 is 0. The van der Waals surface area contributed by atoms with Crippen molar-refractivity contribution in [1.82, 2.24) is 0 Å². The molecule has 0 aliphatic rings. The summed E-state index contributed by atoms with van der Waals surface area (Å²) in [6, 6.07) is 9.83. The molecule has 0 spiro atoms. The Balaban J connectivity index is 2.37. The Morgan fingerprint density at radius 1 is 1.40 bits per heavy atom. The van der Waals surface area contributed by atoms with Crippen LogP contribution in [0.5, 0.6) is 0 Å². The molecule has 1 aromatic carbocycles. The van der Waals surface area contributed by atoms with E-state index >= 15 is 0 Å². The Morgan fingerprint density at radius 2 is 2.07 bits per heavy atom. The van der Waals surface area contributed by atoms with Gasteiger partial charge < -0.3 is 5.11 Å². The molecule has 0 fully saturated rings. The van der Waals surface area contributed by atoms with E-state index < -0.39 is 6.10 Å². The van der Waals surface area contributed by atoms with Gasteiger partial charge in [-0.2, -0.15) is 0 Å². The first-order chi connectivity index (χ1) is 7.18. The Morgan fingerprint density at radius 3 is 2.67 bits per heavy atom. The smallest absolute Gasteiger partial charge is 0.139 e. The van der Waals surface area contributed by atoms with Gasteiger partial charge >= 0.3 is 0 Å². The third-order valence-corrected chi connectivity index (χ3v) is 1.98. The highest BCUT2D eigenvalue weighted by Crippen LogP contribution is 2.03. The number of hydrogen-bond acceptors (Lipinski definition) is 2. The van der Waals surface area contributed by atoms with Crippen LogP contribution < -0.4 is 0 Å². The summed E-state index contributed by atoms with van der Waals surface area (Å²) in [6.07, 6.45) is 3.83. The van der Waals surface area contributed by atoms with Crippen LogP contribution in [0.25, 0.3) is 6.08 Å². The fraction of sp³-hybridized carbons (Fsp3) is 0.308. The summed E-state index contributed by atoms with van der Waals surface area (Å²) in [6.45, 7) is 1.62. The number of hydrogen-bond donors (Lipinski definition) is 1. The lowest BCUT2D eigenvalue weighted by atomic mass is 10.1. The molecule has 1 atom stereocenters. The topological polar surface area (TPSA) is 37.3 Å². The SMILES string of the molecule is CC(O)CC(=O)CC=Cc1ccccc1. The van der Waals surface area contributed by atoms with Gasteiger partial charge in [0, 0.05) is 12.8 Å². The number of aliphatic hydroxyl groups is 1. The zero-order chi connectivity index (χ0) is 11.1. The van der Waals surface area contributed by atoms with Gasteiger partial charge in [-0.25, -0.2) is 0 Å². The monoisotopic (exact) mass is 204 g/mol. The number of allylic oxidation sites excluding steroid dienone is 1. The largest absolute Gasteiger partial charge is 0.393 e. The molecule has 0 aliphatic carbocycles. The van der Waals surface area contributed by atoms with Crippen LogP contribution in [-0.2, 0) is 4.79 Å². The van der Waals surface area contributed by atoms with Gasteiger partial charge in [0.25, 0.3) is 0 Å². The maximum absolute atomic E-state index is 11.2. The van der Waals surface area contributed by atoms with Crippen molar-refractivity contribution < 1.29 is 9.90 Å². The molecule has 80 valence electrons. The maximum Gasteiger partial charge on any atom is 0.139 e. The van der Waals surface area contributed by atoms with E-state index in [1.807, 2.05) is 42.5 Å². The van der Waals surface area contributed by atoms with E-state index in [-0.39, 0.29) is 12.2 Å². The molecule has 1 aromatic rings. The minimum Gasteiger partial charge on any atom is -0.393 e. The first kappa shape index (κ1) is 11.7. The Hall–Kier alpha value is -1.41. The van der Waals surface area contributed by atoms with Gasteiger partial charge in [0.1, 0.15) is 5.78 Å². The molecular weight excluding hydrogens is 188 g/mol. The lowest BCUT2D eigenvalue weighted by Gasteiger charge is -1.99. The average Bonchev–Trinajstić information content (AvgIpc) is 2.18. The number of benzene rings is 1. The van der Waals surface area contributed by atoms with Gasteiger partial charge in [-0.1, -0.05) is 42.5 Å². The predicted molar refractivity (Wildman–Crippen MR) is 61.4 cm³/mol. The lowest BCUT2D eigenvalue weighted by Crippen LogP contribution is -2.07. The quantitative estimate of drug-likeness (QED) is 0.799. The molecule has 0 aliphatic heterocycles. The third kappa shape index (κ3) is 5.13. The van der Waals surface area contributed by atoms with Crippen molar-refractivity contribution >= 4 is 11.9 Å². The van der Waals surface area contributed by atoms with E-state index in [4.69, 9.17) is 5.11 Å². The molecule has 0 bridgehead atoms. The van der Waals surface area contributed by atoms with Crippen LogP contribution in [0.4, 0.5) is 0 Å². The van der Waals surface area contributed by atoms with Gasteiger partial charge in [-0.15, -0.1) is 0 Å². The highest BCUT2D eigenvalue weighted by Gasteiger charge is 2.03. The number of ketones is 1. The molecule has 2 nitrogen and oxygen atoms in total. The Labute approximate surface area is 90.3 Å². The van der Waals surface area contributed by atoms with E-state index in [0.717, 1.165) is 5.56 Å². The first-order valence-corrected chi connectivity index (χ1v) is 5.10. The molecule has 0 heterocycles. The minimum atomic E-state index is -0.539. The van der Waals surface area contributed by atoms with Crippen LogP contribution in [0.15, 0.2) is 36.4 Å². The zero-order valence-corrected chi connectivity index (χ0v) is 8.89. The molecule has 0 radical (unpaired) electrons. The van der Waals surface area contributed by atoms with Crippen molar-refractivity contribution in [2.75, 3.05) is 0 Å². The summed E-state index contributed by atoms with van der Waals surface area (Å²) in [4.78, 5) is 11.2. The highest BCUT2D eigenvalue weighted by atomic mass is 16.3. The average molecular weight is 204 g/mol. The van der Waals surface area contributed by atoms with Crippen LogP contribution >= 0.6 is 0 Å². The fourth-order valence-electron chi connectivity index (χ4n) is 1.30. The van der Waals surface area contributed by atoms with Crippen molar-refractivity contribution in [3.8, 4) is 0 Å². The molecular formula is C13H16O2. The van der Waals surface area contributed by atoms with Crippen molar-refractivity contribution in [2.24, 2.45) is 0 Å². The molecule has 15 heavy (non-hydrogen) atoms. The summed E-state index contributed by atoms with van der Waals surface area (Å²) in [5.41, 5.74) is 1.09. The zero-order valence-electron chi connectivity index (χ0n) is 8.89. The molecule has 0 amide bonds. The van der Waals surface area contributed by atoms with E-state index in [0.29, 0.717) is 6.42 Å². The molecule has 2 heteroatoms. The maximum atomic E-state index is 11.2. The number of Topliss-reactive ketones (excluding diaryl/α,β-unsaturated/α-hetero) is 1. The van der Waals surface area contributed by atoms with Crippen LogP contribution in [0, 0.1) is 0 Å². The van der Waals surface area contributed by atoms with Gasteiger partial charge in [0.05, 0.1) is 6.10 Å². The Kier molecular flexibility index (Phi) is 4.78. The summed E-state index contributed by atoms with van der Waals surface area (Å²) in [7, 11) is 0. The van der Waals surface area contributed by atoms with E-state index in [1.54, 1.807) is 6.92 Å². The predicted octanol–water partition coefficient (Wildman–Crippen LogP) is 2.43. The second-order valence-electron chi connectivity index (χ2n) is 3.61. The second kappa shape index (κ2) is 6.14. The van der Waals surface area contributed by atoms with Gasteiger partial charge in [0.2, 0.25) is 0 Å². The van der Waals surface area contributed by atoms with Gasteiger partial charge in [-0.3, -0.25) is 4.79 Å². The number of aliphatic hydroxyl groups excluding tert-OH is 1. The Bertz CT molecular complexity index is 326. The highest BCUT2D eigenvalue weighted by molar-refractivity contribution is 5.81. The van der Waals surface area contributed by atoms with Crippen LogP contribution in [0.3, 0.4) is 0 Å². The second-order valence-corrected chi connectivity index (χ2v) is 3.61. The summed E-state index contributed by atoms with van der Waals surface area (Å²) in [5, 5.41) is 8.99. The summed E-state index contributed by atoms with van der Waals surface area (Å²) in [5.74, 6) is 0.0668. The van der Waals surface area contributed by atoms with E-state index in [2.05, 4.69) is 0 Å². The van der Waals surface area contributed by atoms with Crippen molar-refractivity contribution in [2.45, 2.75) is 25.9 Å². The molecule has 0 saturated carbocycles. The lowest BCUT2D eigenvalue weighted by molar-refractivity contribution is -0.119. The van der Waals surface area contributed by atoms with E-state index in [9.17, 15) is 4.79 Å². The molecule has 0 saturated heterocycles. The summed E-state index contributed by atoms with van der Waals surface area (Å²) >= 11 is 0. The van der Waals surface area contributed by atoms with Crippen LogP contribution in [0.2, 0.25) is 0 Å². The molecule has 1 unspecified atom stereocenters. The standard InChI is InChI=1S/C13H16O2/c1-11(14)10-13(15)9-5-8-12-6-3-2-4-7-12/h2-8,11,14H,9-10H2,1H3. The molecule has 1 rings (SSSR count). The molecule has 1 N–H and O–H groups in total. The van der Waals surface area contributed by atoms with E-state index in [1.165, 1.54) is 0 Å². The first-order valence-electron chi connectivity index (χ1n) is 5.10. The normalized spacial score (nSPS) is 12.9. The minimum absolute atomic E-state index is 0.0668. The number of carbonyl (C=O) groups excluding carboxylic acids is 1. The number of rotatable bonds is 5. The fourth-order valence-corrected chi connectivity index (χ4v) is 1.30. The van der Waals surface area contributed by atoms with Crippen LogP contribution in [0.1, 0.15) is 25.3 Å². The van der Waals surface area contributed by atoms with Gasteiger partial charge in [0.15, 0.2) is 0 Å². The van der Waals surface area contributed by atoms with Gasteiger partial charge in [-0.05, 0) is 12.5 Å². The third-order valence-electron chi connectivity index (χ3n) is 1.98. The van der Waals surface area contributed by atoms with Crippen molar-refractivity contribution in [3.05, 3.63) is 42.0 Å². The van der Waals surface area contributed by atoms with Crippen molar-refractivity contribution in [1.29, 1.82) is 0 Å². The van der Waals surface area contributed by atoms with Crippen LogP contribution in [-0.4, -0.2) is 17.0 Å². The number of carbonyl (C=O) groups is 1.